The fourth-order valence-electron chi connectivity index (χ4n) is 2.90. The number of amides is 1. The molecule has 0 saturated carbocycles. The number of aromatic nitrogens is 1. The van der Waals surface area contributed by atoms with Gasteiger partial charge in [0.15, 0.2) is 6.10 Å². The summed E-state index contributed by atoms with van der Waals surface area (Å²) in [4.78, 5) is 13.9. The van der Waals surface area contributed by atoms with Crippen molar-refractivity contribution in [2.75, 3.05) is 7.05 Å². The van der Waals surface area contributed by atoms with E-state index >= 15 is 0 Å². The summed E-state index contributed by atoms with van der Waals surface area (Å²) in [7, 11) is 1.65. The molecule has 1 amide bonds. The fourth-order valence-corrected chi connectivity index (χ4v) is 3.10. The van der Waals surface area contributed by atoms with Crippen LogP contribution in [0.2, 0.25) is 5.02 Å². The minimum atomic E-state index is -1.23. The van der Waals surface area contributed by atoms with Crippen LogP contribution in [0.4, 0.5) is 0 Å². The van der Waals surface area contributed by atoms with Crippen molar-refractivity contribution < 1.29 is 14.4 Å². The fraction of sp³-hybridized carbons (Fsp3) is 0.412. The summed E-state index contributed by atoms with van der Waals surface area (Å²) in [6.07, 6.45) is 2.84. The highest BCUT2D eigenvalue weighted by molar-refractivity contribution is 6.30. The molecule has 0 unspecified atom stereocenters. The summed E-state index contributed by atoms with van der Waals surface area (Å²) < 4.78 is 5.36. The van der Waals surface area contributed by atoms with Gasteiger partial charge < -0.3 is 14.5 Å². The molecule has 5 nitrogen and oxygen atoms in total. The first-order valence-corrected chi connectivity index (χ1v) is 8.09. The molecule has 0 fully saturated rings. The Balaban J connectivity index is 1.71. The van der Waals surface area contributed by atoms with Crippen LogP contribution in [0.5, 0.6) is 0 Å². The molecule has 0 radical (unpaired) electrons. The topological polar surface area (TPSA) is 66.6 Å². The zero-order valence-electron chi connectivity index (χ0n) is 13.0. The zero-order valence-corrected chi connectivity index (χ0v) is 13.7. The maximum absolute atomic E-state index is 12.4. The maximum Gasteiger partial charge on any atom is 0.256 e. The predicted molar refractivity (Wildman–Crippen MR) is 86.0 cm³/mol. The number of aliphatic hydroxyl groups excluding tert-OH is 1. The Bertz CT molecular complexity index is 714. The second kappa shape index (κ2) is 6.72. The quantitative estimate of drug-likeness (QED) is 0.933. The monoisotopic (exact) mass is 334 g/mol. The number of halogens is 1. The van der Waals surface area contributed by atoms with Crippen LogP contribution in [0.3, 0.4) is 0 Å². The average Bonchev–Trinajstić information content (AvgIpc) is 2.96. The van der Waals surface area contributed by atoms with Crippen molar-refractivity contribution in [1.29, 1.82) is 0 Å². The van der Waals surface area contributed by atoms with Crippen LogP contribution in [0.15, 0.2) is 28.8 Å². The van der Waals surface area contributed by atoms with Gasteiger partial charge in [0.05, 0.1) is 6.54 Å². The van der Waals surface area contributed by atoms with Crippen LogP contribution in [-0.4, -0.2) is 28.1 Å². The van der Waals surface area contributed by atoms with E-state index in [1.165, 1.54) is 4.90 Å². The van der Waals surface area contributed by atoms with Crippen LogP contribution in [0.1, 0.15) is 41.5 Å². The van der Waals surface area contributed by atoms with E-state index in [-0.39, 0.29) is 5.91 Å². The van der Waals surface area contributed by atoms with Gasteiger partial charge in [0.2, 0.25) is 0 Å². The van der Waals surface area contributed by atoms with Gasteiger partial charge in [-0.05, 0) is 37.0 Å². The van der Waals surface area contributed by atoms with Crippen molar-refractivity contribution in [3.05, 3.63) is 51.9 Å². The summed E-state index contributed by atoms with van der Waals surface area (Å²) in [6.45, 7) is 0.329. The van der Waals surface area contributed by atoms with E-state index in [1.807, 2.05) is 0 Å². The smallest absolute Gasteiger partial charge is 0.256 e. The summed E-state index contributed by atoms with van der Waals surface area (Å²) in [5, 5.41) is 14.8. The van der Waals surface area contributed by atoms with Gasteiger partial charge in [-0.15, -0.1) is 0 Å². The van der Waals surface area contributed by atoms with Gasteiger partial charge in [-0.1, -0.05) is 28.9 Å². The van der Waals surface area contributed by atoms with E-state index in [0.717, 1.165) is 42.7 Å². The Hall–Kier alpha value is -1.85. The lowest BCUT2D eigenvalue weighted by atomic mass is 9.96. The Morgan fingerprint density at radius 1 is 1.43 bits per heavy atom. The molecule has 6 heteroatoms. The zero-order chi connectivity index (χ0) is 16.4. The van der Waals surface area contributed by atoms with Crippen LogP contribution >= 0.6 is 11.6 Å². The number of aryl methyl sites for hydroxylation is 1. The van der Waals surface area contributed by atoms with Crippen LogP contribution in [0, 0.1) is 0 Å². The molecule has 1 aliphatic carbocycles. The van der Waals surface area contributed by atoms with Crippen molar-refractivity contribution >= 4 is 17.5 Å². The Kier molecular flexibility index (Phi) is 4.68. The predicted octanol–water partition coefficient (Wildman–Crippen LogP) is 2.90. The number of aliphatic hydroxyl groups is 1. The highest BCUT2D eigenvalue weighted by Crippen LogP contribution is 2.26. The minimum absolute atomic E-state index is 0.329. The lowest BCUT2D eigenvalue weighted by Gasteiger charge is -2.21. The number of likely N-dealkylation sites (N-methyl/N-ethyl adjacent to an activating group) is 1. The Morgan fingerprint density at radius 2 is 2.22 bits per heavy atom. The Labute approximate surface area is 139 Å². The van der Waals surface area contributed by atoms with Crippen LogP contribution < -0.4 is 0 Å². The molecule has 0 aliphatic heterocycles. The number of carbonyl (C=O) groups is 1. The molecule has 0 spiro atoms. The second-order valence-corrected chi connectivity index (χ2v) is 6.33. The Morgan fingerprint density at radius 3 is 3.00 bits per heavy atom. The SMILES string of the molecule is CN(Cc1noc2c1CCCC2)C(=O)[C@@H](O)c1cccc(Cl)c1. The molecule has 0 saturated heterocycles. The minimum Gasteiger partial charge on any atom is -0.378 e. The van der Waals surface area contributed by atoms with E-state index in [0.29, 0.717) is 17.1 Å². The molecule has 122 valence electrons. The average molecular weight is 335 g/mol. The highest BCUT2D eigenvalue weighted by Gasteiger charge is 2.25. The van der Waals surface area contributed by atoms with E-state index in [1.54, 1.807) is 31.3 Å². The third kappa shape index (κ3) is 3.41. The molecule has 1 N–H and O–H groups in total. The third-order valence-electron chi connectivity index (χ3n) is 4.19. The van der Waals surface area contributed by atoms with Gasteiger partial charge in [0.1, 0.15) is 11.5 Å². The lowest BCUT2D eigenvalue weighted by Crippen LogP contribution is -2.31. The molecule has 23 heavy (non-hydrogen) atoms. The number of rotatable bonds is 4. The summed E-state index contributed by atoms with van der Waals surface area (Å²) in [6, 6.07) is 6.69. The molecule has 1 aromatic heterocycles. The third-order valence-corrected chi connectivity index (χ3v) is 4.43. The van der Waals surface area contributed by atoms with E-state index in [4.69, 9.17) is 16.1 Å². The molecular formula is C17H19ClN2O3. The normalized spacial score (nSPS) is 15.1. The number of carbonyl (C=O) groups excluding carboxylic acids is 1. The van der Waals surface area contributed by atoms with E-state index in [2.05, 4.69) is 5.16 Å². The van der Waals surface area contributed by atoms with Gasteiger partial charge in [0.25, 0.3) is 5.91 Å². The molecular weight excluding hydrogens is 316 g/mol. The standard InChI is InChI=1S/C17H19ClN2O3/c1-20(10-14-13-7-2-3-8-15(13)23-19-14)17(22)16(21)11-5-4-6-12(18)9-11/h4-6,9,16,21H,2-3,7-8,10H2,1H3/t16-/m0/s1. The van der Waals surface area contributed by atoms with E-state index in [9.17, 15) is 9.90 Å². The van der Waals surface area contributed by atoms with Gasteiger partial charge in [-0.3, -0.25) is 4.79 Å². The van der Waals surface area contributed by atoms with Crippen molar-refractivity contribution in [2.45, 2.75) is 38.3 Å². The molecule has 1 heterocycles. The summed E-state index contributed by atoms with van der Waals surface area (Å²) >= 11 is 5.91. The molecule has 1 aromatic carbocycles. The highest BCUT2D eigenvalue weighted by atomic mass is 35.5. The molecule has 2 aromatic rings. The molecule has 1 atom stereocenters. The maximum atomic E-state index is 12.4. The van der Waals surface area contributed by atoms with Crippen LogP contribution in [0.25, 0.3) is 0 Å². The van der Waals surface area contributed by atoms with Gasteiger partial charge in [-0.25, -0.2) is 0 Å². The number of hydrogen-bond donors (Lipinski definition) is 1. The van der Waals surface area contributed by atoms with Gasteiger partial charge >= 0.3 is 0 Å². The first-order valence-electron chi connectivity index (χ1n) is 7.71. The van der Waals surface area contributed by atoms with E-state index < -0.39 is 6.10 Å². The first kappa shape index (κ1) is 16.0. The van der Waals surface area contributed by atoms with Crippen molar-refractivity contribution in [3.8, 4) is 0 Å². The summed E-state index contributed by atoms with van der Waals surface area (Å²) in [5.74, 6) is 0.544. The number of hydrogen-bond acceptors (Lipinski definition) is 4. The molecule has 0 bridgehead atoms. The lowest BCUT2D eigenvalue weighted by molar-refractivity contribution is -0.139. The molecule has 3 rings (SSSR count). The van der Waals surface area contributed by atoms with Crippen molar-refractivity contribution in [2.24, 2.45) is 0 Å². The number of nitrogens with zero attached hydrogens (tertiary/aromatic N) is 2. The van der Waals surface area contributed by atoms with Crippen molar-refractivity contribution in [1.82, 2.24) is 10.1 Å². The van der Waals surface area contributed by atoms with Gasteiger partial charge in [-0.2, -0.15) is 0 Å². The number of benzene rings is 1. The largest absolute Gasteiger partial charge is 0.378 e. The second-order valence-electron chi connectivity index (χ2n) is 5.89. The van der Waals surface area contributed by atoms with Gasteiger partial charge in [0, 0.05) is 24.1 Å². The summed E-state index contributed by atoms with van der Waals surface area (Å²) in [5.41, 5.74) is 2.39. The van der Waals surface area contributed by atoms with Crippen LogP contribution in [-0.2, 0) is 24.2 Å². The molecule has 1 aliphatic rings. The number of fused-ring (bicyclic) bond motifs is 1. The first-order chi connectivity index (χ1) is 11.1. The van der Waals surface area contributed by atoms with Crippen molar-refractivity contribution in [3.63, 3.8) is 0 Å².